The predicted molar refractivity (Wildman–Crippen MR) is 145 cm³/mol. The molecule has 3 aromatic rings. The van der Waals surface area contributed by atoms with Crippen LogP contribution in [0.3, 0.4) is 0 Å². The lowest BCUT2D eigenvalue weighted by molar-refractivity contribution is -0.385. The first kappa shape index (κ1) is 29.2. The molecule has 0 atom stereocenters. The number of aldehydes is 1. The fourth-order valence-electron chi connectivity index (χ4n) is 4.06. The Morgan fingerprint density at radius 1 is 0.718 bits per heavy atom. The molecule has 0 radical (unpaired) electrons. The Morgan fingerprint density at radius 2 is 1.18 bits per heavy atom. The molecule has 3 aromatic heterocycles. The second kappa shape index (κ2) is 15.1. The zero-order valence-corrected chi connectivity index (χ0v) is 21.6. The van der Waals surface area contributed by atoms with Crippen molar-refractivity contribution in [1.82, 2.24) is 24.8 Å². The third kappa shape index (κ3) is 10.1. The van der Waals surface area contributed by atoms with E-state index in [1.807, 2.05) is 12.1 Å². The number of anilines is 1. The molecule has 2 saturated heterocycles. The van der Waals surface area contributed by atoms with E-state index in [-0.39, 0.29) is 17.1 Å². The molecule has 0 spiro atoms. The topological polar surface area (TPSA) is 175 Å². The Hall–Kier alpha value is -4.36. The molecular formula is C26H32N8O5. The van der Waals surface area contributed by atoms with Crippen molar-refractivity contribution in [1.29, 1.82) is 0 Å². The Bertz CT molecular complexity index is 1190. The molecule has 39 heavy (non-hydrogen) atoms. The van der Waals surface area contributed by atoms with E-state index < -0.39 is 9.85 Å². The number of nitrogens with two attached hydrogens (primary N) is 1. The number of nitrogen functional groups attached to an aromatic ring is 1. The minimum atomic E-state index is -0.568. The largest absolute Gasteiger partial charge is 0.397 e. The maximum Gasteiger partial charge on any atom is 0.287 e. The van der Waals surface area contributed by atoms with Crippen LogP contribution in [-0.4, -0.2) is 67.1 Å². The van der Waals surface area contributed by atoms with E-state index in [0.29, 0.717) is 6.29 Å². The number of carbonyl (C=O) groups is 1. The summed E-state index contributed by atoms with van der Waals surface area (Å²) in [6, 6.07) is 9.70. The molecule has 0 aliphatic carbocycles. The van der Waals surface area contributed by atoms with Crippen LogP contribution in [0.5, 0.6) is 0 Å². The Kier molecular flexibility index (Phi) is 11.3. The predicted octanol–water partition coefficient (Wildman–Crippen LogP) is 3.65. The average molecular weight is 537 g/mol. The van der Waals surface area contributed by atoms with E-state index >= 15 is 0 Å². The summed E-state index contributed by atoms with van der Waals surface area (Å²) in [5.74, 6) is 0. The molecule has 13 nitrogen and oxygen atoms in total. The van der Waals surface area contributed by atoms with Gasteiger partial charge in [0.05, 0.1) is 33.1 Å². The monoisotopic (exact) mass is 536 g/mol. The standard InChI is InChI=1S/C10H13N3O2.C10H15N3.C6H4N2O3/c14-13(15)10-4-3-9(11-7-10)8-12-5-1-2-6-12;11-9-3-4-10(12-7-9)8-13-5-1-2-6-13;9-4-5-1-2-6(3-7-5)8(10)11/h3-4,7H,1-2,5-6,8H2;3-4,7H,1-2,5-6,8,11H2;1-4H. The summed E-state index contributed by atoms with van der Waals surface area (Å²) in [6.45, 7) is 6.42. The first-order chi connectivity index (χ1) is 18.8. The molecule has 0 saturated carbocycles. The number of likely N-dealkylation sites (tertiary alicyclic amines) is 2. The second-order valence-corrected chi connectivity index (χ2v) is 9.13. The number of pyridine rings is 3. The van der Waals surface area contributed by atoms with Gasteiger partial charge in [-0.05, 0) is 76.1 Å². The number of nitro groups is 2. The summed E-state index contributed by atoms with van der Waals surface area (Å²) in [5.41, 5.74) is 8.46. The lowest BCUT2D eigenvalue weighted by Crippen LogP contribution is -2.18. The van der Waals surface area contributed by atoms with E-state index in [1.165, 1.54) is 63.2 Å². The SMILES string of the molecule is Nc1ccc(CN2CCCC2)nc1.O=Cc1ccc([N+](=O)[O-])cn1.O=[N+]([O-])c1ccc(CN2CCCC2)nc1. The number of rotatable bonds is 7. The quantitative estimate of drug-likeness (QED) is 0.265. The van der Waals surface area contributed by atoms with Crippen molar-refractivity contribution >= 4 is 23.3 Å². The fraction of sp³-hybridized carbons (Fsp3) is 0.385. The van der Waals surface area contributed by atoms with Gasteiger partial charge in [0.1, 0.15) is 18.1 Å². The smallest absolute Gasteiger partial charge is 0.287 e. The zero-order chi connectivity index (χ0) is 28.0. The summed E-state index contributed by atoms with van der Waals surface area (Å²) in [4.78, 5) is 46.2. The first-order valence-electron chi connectivity index (χ1n) is 12.6. The van der Waals surface area contributed by atoms with Crippen molar-refractivity contribution in [3.8, 4) is 0 Å². The van der Waals surface area contributed by atoms with Crippen molar-refractivity contribution in [2.45, 2.75) is 38.8 Å². The maximum absolute atomic E-state index is 10.4. The highest BCUT2D eigenvalue weighted by molar-refractivity contribution is 5.71. The minimum Gasteiger partial charge on any atom is -0.397 e. The van der Waals surface area contributed by atoms with Crippen LogP contribution in [0.1, 0.15) is 47.6 Å². The molecule has 13 heteroatoms. The van der Waals surface area contributed by atoms with E-state index in [0.717, 1.165) is 49.5 Å². The maximum atomic E-state index is 10.4. The highest BCUT2D eigenvalue weighted by Crippen LogP contribution is 2.14. The van der Waals surface area contributed by atoms with Gasteiger partial charge in [-0.2, -0.15) is 0 Å². The molecule has 2 aliphatic rings. The third-order valence-electron chi connectivity index (χ3n) is 6.14. The second-order valence-electron chi connectivity index (χ2n) is 9.13. The summed E-state index contributed by atoms with van der Waals surface area (Å²) in [5, 5.41) is 20.5. The Morgan fingerprint density at radius 3 is 1.54 bits per heavy atom. The van der Waals surface area contributed by atoms with Gasteiger partial charge in [-0.1, -0.05) is 0 Å². The van der Waals surface area contributed by atoms with Crippen LogP contribution in [-0.2, 0) is 13.1 Å². The van der Waals surface area contributed by atoms with Crippen molar-refractivity contribution < 1.29 is 14.6 Å². The molecule has 2 N–H and O–H groups in total. The van der Waals surface area contributed by atoms with Gasteiger partial charge in [0.2, 0.25) is 0 Å². The summed E-state index contributed by atoms with van der Waals surface area (Å²) >= 11 is 0. The van der Waals surface area contributed by atoms with Gasteiger partial charge in [-0.25, -0.2) is 4.98 Å². The molecule has 0 amide bonds. The van der Waals surface area contributed by atoms with Gasteiger partial charge in [0.15, 0.2) is 6.29 Å². The van der Waals surface area contributed by atoms with Crippen LogP contribution in [0.15, 0.2) is 55.0 Å². The van der Waals surface area contributed by atoms with Crippen molar-refractivity contribution in [3.05, 3.63) is 92.3 Å². The summed E-state index contributed by atoms with van der Waals surface area (Å²) in [7, 11) is 0. The van der Waals surface area contributed by atoms with Gasteiger partial charge in [0, 0.05) is 25.2 Å². The van der Waals surface area contributed by atoms with Crippen LogP contribution in [0.4, 0.5) is 17.1 Å². The van der Waals surface area contributed by atoms with Crippen LogP contribution < -0.4 is 5.73 Å². The Balaban J connectivity index is 0.000000164. The summed E-state index contributed by atoms with van der Waals surface area (Å²) < 4.78 is 0. The lowest BCUT2D eigenvalue weighted by Gasteiger charge is -2.13. The molecular weight excluding hydrogens is 504 g/mol. The molecule has 5 heterocycles. The van der Waals surface area contributed by atoms with Crippen LogP contribution in [0.25, 0.3) is 0 Å². The normalized spacial score (nSPS) is 15.0. The van der Waals surface area contributed by atoms with Gasteiger partial charge < -0.3 is 5.73 Å². The molecule has 0 bridgehead atoms. The molecule has 2 fully saturated rings. The fourth-order valence-corrected chi connectivity index (χ4v) is 4.06. The minimum absolute atomic E-state index is 0.0557. The summed E-state index contributed by atoms with van der Waals surface area (Å²) in [6.07, 6.45) is 9.77. The van der Waals surface area contributed by atoms with Gasteiger partial charge in [0.25, 0.3) is 11.4 Å². The molecule has 0 aromatic carbocycles. The molecule has 2 aliphatic heterocycles. The van der Waals surface area contributed by atoms with E-state index in [4.69, 9.17) is 5.73 Å². The van der Waals surface area contributed by atoms with Crippen LogP contribution in [0, 0.1) is 20.2 Å². The number of hydrogen-bond acceptors (Lipinski definition) is 11. The van der Waals surface area contributed by atoms with Crippen molar-refractivity contribution in [2.24, 2.45) is 0 Å². The lowest BCUT2D eigenvalue weighted by atomic mass is 10.3. The number of hydrogen-bond donors (Lipinski definition) is 1. The molecule has 0 unspecified atom stereocenters. The third-order valence-corrected chi connectivity index (χ3v) is 6.14. The first-order valence-corrected chi connectivity index (χ1v) is 12.6. The Labute approximate surface area is 226 Å². The van der Waals surface area contributed by atoms with Gasteiger partial charge in [-0.3, -0.25) is 44.8 Å². The van der Waals surface area contributed by atoms with E-state index in [9.17, 15) is 25.0 Å². The van der Waals surface area contributed by atoms with E-state index in [2.05, 4.69) is 24.8 Å². The average Bonchev–Trinajstić information content (AvgIpc) is 3.66. The van der Waals surface area contributed by atoms with E-state index in [1.54, 1.807) is 12.3 Å². The molecule has 5 rings (SSSR count). The van der Waals surface area contributed by atoms with Crippen molar-refractivity contribution in [2.75, 3.05) is 31.9 Å². The highest BCUT2D eigenvalue weighted by Gasteiger charge is 2.13. The van der Waals surface area contributed by atoms with Gasteiger partial charge >= 0.3 is 0 Å². The number of aromatic nitrogens is 3. The number of nitrogens with zero attached hydrogens (tertiary/aromatic N) is 7. The number of carbonyl (C=O) groups excluding carboxylic acids is 1. The van der Waals surface area contributed by atoms with Crippen molar-refractivity contribution in [3.63, 3.8) is 0 Å². The van der Waals surface area contributed by atoms with Gasteiger partial charge in [-0.15, -0.1) is 0 Å². The van der Waals surface area contributed by atoms with Crippen LogP contribution >= 0.6 is 0 Å². The van der Waals surface area contributed by atoms with Crippen LogP contribution in [0.2, 0.25) is 0 Å². The molecule has 206 valence electrons. The highest BCUT2D eigenvalue weighted by atomic mass is 16.6. The zero-order valence-electron chi connectivity index (χ0n) is 21.6.